The van der Waals surface area contributed by atoms with Crippen LogP contribution in [0, 0.1) is 6.92 Å². The topological polar surface area (TPSA) is 124 Å². The van der Waals surface area contributed by atoms with Crippen LogP contribution < -0.4 is 9.32 Å². The highest BCUT2D eigenvalue weighted by atomic mass is 32.2. The van der Waals surface area contributed by atoms with Gasteiger partial charge in [0, 0.05) is 12.1 Å². The summed E-state index contributed by atoms with van der Waals surface area (Å²) < 4.78 is 54.1. The predicted octanol–water partition coefficient (Wildman–Crippen LogP) is 2.65. The zero-order valence-corrected chi connectivity index (χ0v) is 18.8. The first-order chi connectivity index (χ1) is 15.1. The van der Waals surface area contributed by atoms with Crippen LogP contribution in [0.2, 0.25) is 0 Å². The Balaban J connectivity index is 1.88. The molecule has 1 amide bonds. The SMILES string of the molecule is Cc1ccc(S(=O)(=O)N(CCc2ccc(OS(N)(=O)=O)cc2)C(=O)c2ccccc2)cc1. The van der Waals surface area contributed by atoms with Crippen LogP contribution in [0.1, 0.15) is 21.5 Å². The molecule has 0 spiro atoms. The second-order valence-corrected chi connectivity index (χ2v) is 10.0. The van der Waals surface area contributed by atoms with E-state index >= 15 is 0 Å². The van der Waals surface area contributed by atoms with Crippen molar-refractivity contribution in [2.75, 3.05) is 6.54 Å². The number of rotatable bonds is 8. The van der Waals surface area contributed by atoms with Gasteiger partial charge < -0.3 is 4.18 Å². The van der Waals surface area contributed by atoms with E-state index in [0.717, 1.165) is 9.87 Å². The average molecular weight is 475 g/mol. The number of nitrogens with zero attached hydrogens (tertiary/aromatic N) is 1. The van der Waals surface area contributed by atoms with Gasteiger partial charge >= 0.3 is 10.3 Å². The van der Waals surface area contributed by atoms with E-state index in [-0.39, 0.29) is 29.2 Å². The molecule has 0 fully saturated rings. The minimum atomic E-state index is -4.14. The summed E-state index contributed by atoms with van der Waals surface area (Å²) in [5, 5.41) is 4.84. The van der Waals surface area contributed by atoms with Gasteiger partial charge in [-0.2, -0.15) is 13.6 Å². The number of nitrogens with two attached hydrogens (primary N) is 1. The number of hydrogen-bond acceptors (Lipinski definition) is 6. The van der Waals surface area contributed by atoms with Crippen molar-refractivity contribution in [3.63, 3.8) is 0 Å². The summed E-state index contributed by atoms with van der Waals surface area (Å²) >= 11 is 0. The first-order valence-corrected chi connectivity index (χ1v) is 12.5. The van der Waals surface area contributed by atoms with Crippen molar-refractivity contribution >= 4 is 26.2 Å². The molecule has 3 rings (SSSR count). The fraction of sp³-hybridized carbons (Fsp3) is 0.136. The number of sulfonamides is 1. The van der Waals surface area contributed by atoms with Crippen LogP contribution in [0.4, 0.5) is 0 Å². The van der Waals surface area contributed by atoms with Gasteiger partial charge in [0.25, 0.3) is 15.9 Å². The Bertz CT molecular complexity index is 1290. The molecule has 0 bridgehead atoms. The lowest BCUT2D eigenvalue weighted by molar-refractivity contribution is 0.0862. The Hall–Kier alpha value is -3.21. The Morgan fingerprint density at radius 3 is 2.03 bits per heavy atom. The van der Waals surface area contributed by atoms with Crippen molar-refractivity contribution in [3.8, 4) is 5.75 Å². The minimum Gasteiger partial charge on any atom is -0.371 e. The molecule has 0 unspecified atom stereocenters. The zero-order valence-electron chi connectivity index (χ0n) is 17.2. The van der Waals surface area contributed by atoms with Gasteiger partial charge in [0.05, 0.1) is 4.90 Å². The van der Waals surface area contributed by atoms with Crippen LogP contribution in [0.25, 0.3) is 0 Å². The third kappa shape index (κ3) is 5.94. The molecule has 8 nitrogen and oxygen atoms in total. The fourth-order valence-electron chi connectivity index (χ4n) is 2.97. The average Bonchev–Trinajstić information content (AvgIpc) is 2.74. The molecule has 0 saturated carbocycles. The number of carbonyl (C=O) groups is 1. The highest BCUT2D eigenvalue weighted by Crippen LogP contribution is 2.21. The molecule has 3 aromatic rings. The van der Waals surface area contributed by atoms with Gasteiger partial charge in [-0.1, -0.05) is 48.0 Å². The maximum atomic E-state index is 13.3. The molecule has 2 N–H and O–H groups in total. The van der Waals surface area contributed by atoms with Crippen LogP contribution >= 0.6 is 0 Å². The highest BCUT2D eigenvalue weighted by Gasteiger charge is 2.29. The summed E-state index contributed by atoms with van der Waals surface area (Å²) in [4.78, 5) is 13.1. The number of amides is 1. The minimum absolute atomic E-state index is 0.0179. The molecule has 0 aromatic heterocycles. The highest BCUT2D eigenvalue weighted by molar-refractivity contribution is 7.89. The summed E-state index contributed by atoms with van der Waals surface area (Å²) in [5.74, 6) is -0.610. The third-order valence-electron chi connectivity index (χ3n) is 4.60. The summed E-state index contributed by atoms with van der Waals surface area (Å²) in [6.45, 7) is 1.73. The number of hydrogen-bond donors (Lipinski definition) is 1. The van der Waals surface area contributed by atoms with Gasteiger partial charge in [-0.3, -0.25) is 4.79 Å². The first-order valence-electron chi connectivity index (χ1n) is 9.56. The molecule has 0 heterocycles. The molecule has 0 aliphatic heterocycles. The molecule has 0 aliphatic carbocycles. The van der Waals surface area contributed by atoms with Crippen LogP contribution in [0.15, 0.2) is 83.8 Å². The first kappa shape index (κ1) is 23.5. The molecule has 0 atom stereocenters. The van der Waals surface area contributed by atoms with E-state index in [1.165, 1.54) is 24.3 Å². The maximum absolute atomic E-state index is 13.3. The van der Waals surface area contributed by atoms with Crippen LogP contribution in [-0.2, 0) is 26.7 Å². The van der Waals surface area contributed by atoms with Gasteiger partial charge in [0.1, 0.15) is 5.75 Å². The van der Waals surface area contributed by atoms with Crippen LogP contribution in [0.3, 0.4) is 0 Å². The Labute approximate surface area is 187 Å². The van der Waals surface area contributed by atoms with Crippen molar-refractivity contribution in [3.05, 3.63) is 95.6 Å². The van der Waals surface area contributed by atoms with Crippen molar-refractivity contribution in [2.24, 2.45) is 5.14 Å². The Morgan fingerprint density at radius 2 is 1.47 bits per heavy atom. The molecular weight excluding hydrogens is 452 g/mol. The summed E-state index contributed by atoms with van der Waals surface area (Å²) in [5.41, 5.74) is 1.82. The van der Waals surface area contributed by atoms with E-state index in [2.05, 4.69) is 4.18 Å². The van der Waals surface area contributed by atoms with Gasteiger partial charge in [-0.15, -0.1) is 0 Å². The Kier molecular flexibility index (Phi) is 6.97. The van der Waals surface area contributed by atoms with Gasteiger partial charge in [0.2, 0.25) is 0 Å². The normalized spacial score (nSPS) is 11.7. The molecule has 0 saturated heterocycles. The largest absolute Gasteiger partial charge is 0.380 e. The quantitative estimate of drug-likeness (QED) is 0.535. The number of aryl methyl sites for hydroxylation is 1. The van der Waals surface area contributed by atoms with Crippen molar-refractivity contribution in [1.29, 1.82) is 0 Å². The zero-order chi connectivity index (χ0) is 23.4. The lowest BCUT2D eigenvalue weighted by atomic mass is 10.1. The summed E-state index contributed by atoms with van der Waals surface area (Å²) in [6.07, 6.45) is 0.208. The van der Waals surface area contributed by atoms with Gasteiger partial charge in [-0.25, -0.2) is 12.7 Å². The van der Waals surface area contributed by atoms with E-state index in [0.29, 0.717) is 5.56 Å². The third-order valence-corrected chi connectivity index (χ3v) is 6.82. The second kappa shape index (κ2) is 9.51. The predicted molar refractivity (Wildman–Crippen MR) is 120 cm³/mol. The van der Waals surface area contributed by atoms with Gasteiger partial charge in [-0.05, 0) is 55.3 Å². The molecule has 0 radical (unpaired) electrons. The molecule has 32 heavy (non-hydrogen) atoms. The molecular formula is C22H22N2O6S2. The second-order valence-electron chi connectivity index (χ2n) is 7.03. The number of carbonyl (C=O) groups excluding carboxylic acids is 1. The van der Waals surface area contributed by atoms with Crippen molar-refractivity contribution < 1.29 is 25.8 Å². The summed E-state index contributed by atoms with van der Waals surface area (Å²) in [7, 11) is -8.25. The molecule has 10 heteroatoms. The smallest absolute Gasteiger partial charge is 0.371 e. The molecule has 0 aliphatic rings. The van der Waals surface area contributed by atoms with Gasteiger partial charge in [0.15, 0.2) is 0 Å². The van der Waals surface area contributed by atoms with E-state index in [1.54, 1.807) is 54.6 Å². The van der Waals surface area contributed by atoms with Crippen LogP contribution in [-0.4, -0.2) is 33.6 Å². The van der Waals surface area contributed by atoms with Crippen molar-refractivity contribution in [1.82, 2.24) is 4.31 Å². The van der Waals surface area contributed by atoms with E-state index in [4.69, 9.17) is 5.14 Å². The van der Waals surface area contributed by atoms with Crippen molar-refractivity contribution in [2.45, 2.75) is 18.2 Å². The fourth-order valence-corrected chi connectivity index (χ4v) is 4.74. The monoisotopic (exact) mass is 474 g/mol. The Morgan fingerprint density at radius 1 is 0.875 bits per heavy atom. The lowest BCUT2D eigenvalue weighted by Gasteiger charge is -2.23. The van der Waals surface area contributed by atoms with E-state index in [9.17, 15) is 21.6 Å². The van der Waals surface area contributed by atoms with Crippen LogP contribution in [0.5, 0.6) is 5.75 Å². The standard InChI is InChI=1S/C22H22N2O6S2/c1-17-7-13-21(14-8-17)31(26,27)24(22(25)19-5-3-2-4-6-19)16-15-18-9-11-20(12-10-18)30-32(23,28)29/h2-14H,15-16H2,1H3,(H2,23,28,29). The molecule has 168 valence electrons. The van der Waals surface area contributed by atoms with E-state index < -0.39 is 26.2 Å². The number of benzene rings is 3. The lowest BCUT2D eigenvalue weighted by Crippen LogP contribution is -2.38. The maximum Gasteiger partial charge on any atom is 0.380 e. The van der Waals surface area contributed by atoms with E-state index in [1.807, 2.05) is 6.92 Å². The molecule has 3 aromatic carbocycles. The summed E-state index contributed by atoms with van der Waals surface area (Å²) in [6, 6.07) is 20.4.